The van der Waals surface area contributed by atoms with Crippen molar-refractivity contribution in [1.29, 1.82) is 0 Å². The van der Waals surface area contributed by atoms with Crippen molar-refractivity contribution in [3.8, 4) is 0 Å². The van der Waals surface area contributed by atoms with Crippen molar-refractivity contribution < 1.29 is 4.79 Å². The molecule has 0 fully saturated rings. The van der Waals surface area contributed by atoms with Crippen LogP contribution in [0.15, 0.2) is 58.3 Å². The number of hydrogen-bond acceptors (Lipinski definition) is 5. The van der Waals surface area contributed by atoms with Crippen LogP contribution < -0.4 is 10.9 Å². The molecule has 0 bridgehead atoms. The van der Waals surface area contributed by atoms with Crippen LogP contribution in [-0.4, -0.2) is 27.3 Å². The van der Waals surface area contributed by atoms with E-state index in [1.807, 2.05) is 29.0 Å². The van der Waals surface area contributed by atoms with Gasteiger partial charge in [0.25, 0.3) is 11.5 Å². The van der Waals surface area contributed by atoms with Gasteiger partial charge >= 0.3 is 0 Å². The van der Waals surface area contributed by atoms with Gasteiger partial charge in [-0.05, 0) is 58.8 Å². The van der Waals surface area contributed by atoms with Gasteiger partial charge in [0.15, 0.2) is 0 Å². The zero-order valence-corrected chi connectivity index (χ0v) is 16.0. The van der Waals surface area contributed by atoms with Crippen LogP contribution in [-0.2, 0) is 19.6 Å². The first-order valence-electron chi connectivity index (χ1n) is 8.78. The second-order valence-corrected chi connectivity index (χ2v) is 6.98. The summed E-state index contributed by atoms with van der Waals surface area (Å²) in [6.07, 6.45) is 3.54. The smallest absolute Gasteiger partial charge is 0.261 e. The second kappa shape index (κ2) is 9.25. The molecule has 0 aliphatic rings. The predicted molar refractivity (Wildman–Crippen MR) is 107 cm³/mol. The van der Waals surface area contributed by atoms with Gasteiger partial charge in [0.1, 0.15) is 5.56 Å². The molecule has 0 atom stereocenters. The summed E-state index contributed by atoms with van der Waals surface area (Å²) in [5, 5.41) is 6.70. The number of nitrogens with one attached hydrogen (secondary N) is 2. The number of amides is 1. The maximum absolute atomic E-state index is 12.3. The Morgan fingerprint density at radius 3 is 2.63 bits per heavy atom. The molecule has 0 spiro atoms. The number of rotatable bonds is 8. The lowest BCUT2D eigenvalue weighted by Crippen LogP contribution is -2.30. The van der Waals surface area contributed by atoms with Gasteiger partial charge in [-0.15, -0.1) is 0 Å². The molecular weight excluding hydrogens is 360 g/mol. The molecule has 6 nitrogen and oxygen atoms in total. The third-order valence-corrected chi connectivity index (χ3v) is 4.98. The first-order valence-corrected chi connectivity index (χ1v) is 9.72. The van der Waals surface area contributed by atoms with E-state index in [0.717, 1.165) is 24.3 Å². The van der Waals surface area contributed by atoms with E-state index in [9.17, 15) is 9.59 Å². The Morgan fingerprint density at radius 1 is 1.15 bits per heavy atom. The van der Waals surface area contributed by atoms with Crippen LogP contribution in [0.1, 0.15) is 34.1 Å². The van der Waals surface area contributed by atoms with E-state index in [0.29, 0.717) is 13.1 Å². The van der Waals surface area contributed by atoms with Gasteiger partial charge in [-0.3, -0.25) is 19.5 Å². The molecule has 2 N–H and O–H groups in total. The van der Waals surface area contributed by atoms with E-state index in [1.54, 1.807) is 35.9 Å². The zero-order valence-electron chi connectivity index (χ0n) is 15.1. The number of hydrogen-bond donors (Lipinski definition) is 2. The summed E-state index contributed by atoms with van der Waals surface area (Å²) in [5.41, 5.74) is 2.74. The van der Waals surface area contributed by atoms with E-state index in [2.05, 4.69) is 27.1 Å². The third-order valence-electron chi connectivity index (χ3n) is 4.24. The molecule has 140 valence electrons. The summed E-state index contributed by atoms with van der Waals surface area (Å²) in [7, 11) is 0. The fraction of sp³-hybridized carbons (Fsp3) is 0.250. The maximum atomic E-state index is 12.3. The number of nitrogens with zero attached hydrogens (tertiary/aromatic N) is 2. The SMILES string of the molecule is CCN(Cc1ccncc1)Cc1ccc(C(=O)NCc2ccsc2)c(=O)[nH]1. The summed E-state index contributed by atoms with van der Waals surface area (Å²) < 4.78 is 0. The Kier molecular flexibility index (Phi) is 6.51. The minimum absolute atomic E-state index is 0.131. The minimum atomic E-state index is -0.365. The summed E-state index contributed by atoms with van der Waals surface area (Å²) in [6.45, 7) is 4.70. The van der Waals surface area contributed by atoms with E-state index >= 15 is 0 Å². The van der Waals surface area contributed by atoms with Gasteiger partial charge in [-0.1, -0.05) is 6.92 Å². The topological polar surface area (TPSA) is 78.1 Å². The van der Waals surface area contributed by atoms with Gasteiger partial charge in [0, 0.05) is 37.7 Å². The normalized spacial score (nSPS) is 10.9. The number of aromatic amines is 1. The Balaban J connectivity index is 1.63. The van der Waals surface area contributed by atoms with Crippen LogP contribution in [0.5, 0.6) is 0 Å². The number of carbonyl (C=O) groups is 1. The van der Waals surface area contributed by atoms with Gasteiger partial charge in [0.2, 0.25) is 0 Å². The molecule has 27 heavy (non-hydrogen) atoms. The highest BCUT2D eigenvalue weighted by Gasteiger charge is 2.12. The first kappa shape index (κ1) is 19.0. The van der Waals surface area contributed by atoms with Gasteiger partial charge in [-0.2, -0.15) is 11.3 Å². The Labute approximate surface area is 161 Å². The van der Waals surface area contributed by atoms with Crippen molar-refractivity contribution >= 4 is 17.2 Å². The van der Waals surface area contributed by atoms with Crippen molar-refractivity contribution in [2.75, 3.05) is 6.54 Å². The van der Waals surface area contributed by atoms with Crippen molar-refractivity contribution in [2.45, 2.75) is 26.6 Å². The molecule has 0 aromatic carbocycles. The molecule has 3 aromatic heterocycles. The largest absolute Gasteiger partial charge is 0.348 e. The van der Waals surface area contributed by atoms with Crippen molar-refractivity contribution in [3.63, 3.8) is 0 Å². The van der Waals surface area contributed by atoms with Gasteiger partial charge < -0.3 is 10.3 Å². The molecule has 0 radical (unpaired) electrons. The molecule has 1 amide bonds. The lowest BCUT2D eigenvalue weighted by molar-refractivity contribution is 0.0949. The minimum Gasteiger partial charge on any atom is -0.348 e. The van der Waals surface area contributed by atoms with E-state index < -0.39 is 0 Å². The molecule has 0 saturated heterocycles. The van der Waals surface area contributed by atoms with Crippen molar-refractivity contribution in [3.05, 3.63) is 86.2 Å². The van der Waals surface area contributed by atoms with Crippen LogP contribution in [0, 0.1) is 0 Å². The number of carbonyl (C=O) groups excluding carboxylic acids is 1. The molecule has 7 heteroatoms. The number of aromatic nitrogens is 2. The van der Waals surface area contributed by atoms with Crippen LogP contribution in [0.25, 0.3) is 0 Å². The average molecular weight is 382 g/mol. The fourth-order valence-corrected chi connectivity index (χ4v) is 3.39. The number of pyridine rings is 2. The molecule has 0 unspecified atom stereocenters. The first-order chi connectivity index (χ1) is 13.2. The summed E-state index contributed by atoms with van der Waals surface area (Å²) >= 11 is 1.57. The molecule has 3 rings (SSSR count). The summed E-state index contributed by atoms with van der Waals surface area (Å²) in [6, 6.07) is 9.30. The van der Waals surface area contributed by atoms with Gasteiger partial charge in [0.05, 0.1) is 0 Å². The predicted octanol–water partition coefficient (Wildman–Crippen LogP) is 2.78. The average Bonchev–Trinajstić information content (AvgIpc) is 3.20. The summed E-state index contributed by atoms with van der Waals surface area (Å²) in [4.78, 5) is 33.6. The van der Waals surface area contributed by atoms with Crippen molar-refractivity contribution in [2.24, 2.45) is 0 Å². The molecule has 0 aliphatic carbocycles. The van der Waals surface area contributed by atoms with Crippen molar-refractivity contribution in [1.82, 2.24) is 20.2 Å². The van der Waals surface area contributed by atoms with E-state index in [-0.39, 0.29) is 17.0 Å². The second-order valence-electron chi connectivity index (χ2n) is 6.20. The molecule has 0 aliphatic heterocycles. The Bertz CT molecular complexity index is 923. The monoisotopic (exact) mass is 382 g/mol. The van der Waals surface area contributed by atoms with Gasteiger partial charge in [-0.25, -0.2) is 0 Å². The van der Waals surface area contributed by atoms with Crippen LogP contribution >= 0.6 is 11.3 Å². The maximum Gasteiger partial charge on any atom is 0.261 e. The molecule has 0 saturated carbocycles. The van der Waals surface area contributed by atoms with Crippen LogP contribution in [0.4, 0.5) is 0 Å². The molecule has 3 heterocycles. The lowest BCUT2D eigenvalue weighted by atomic mass is 10.2. The number of H-pyrrole nitrogens is 1. The third kappa shape index (κ3) is 5.35. The Hall–Kier alpha value is -2.77. The van der Waals surface area contributed by atoms with E-state index in [4.69, 9.17) is 0 Å². The van der Waals surface area contributed by atoms with E-state index in [1.165, 1.54) is 5.56 Å². The number of thiophene rings is 1. The lowest BCUT2D eigenvalue weighted by Gasteiger charge is -2.20. The Morgan fingerprint density at radius 2 is 1.96 bits per heavy atom. The molecule has 3 aromatic rings. The standard InChI is InChI=1S/C20H22N4O2S/c1-2-24(12-15-5-8-21-9-6-15)13-17-3-4-18(20(26)23-17)19(25)22-11-16-7-10-27-14-16/h3-10,14H,2,11-13H2,1H3,(H,22,25)(H,23,26). The zero-order chi connectivity index (χ0) is 19.1. The highest BCUT2D eigenvalue weighted by molar-refractivity contribution is 7.07. The highest BCUT2D eigenvalue weighted by Crippen LogP contribution is 2.08. The highest BCUT2D eigenvalue weighted by atomic mass is 32.1. The fourth-order valence-electron chi connectivity index (χ4n) is 2.72. The van der Waals surface area contributed by atoms with Crippen LogP contribution in [0.2, 0.25) is 0 Å². The quantitative estimate of drug-likeness (QED) is 0.628. The molecular formula is C20H22N4O2S. The summed E-state index contributed by atoms with van der Waals surface area (Å²) in [5.74, 6) is -0.363. The van der Waals surface area contributed by atoms with Crippen LogP contribution in [0.3, 0.4) is 0 Å².